The van der Waals surface area contributed by atoms with Crippen LogP contribution in [0.15, 0.2) is 35.4 Å². The zero-order valence-electron chi connectivity index (χ0n) is 12.8. The van der Waals surface area contributed by atoms with Gasteiger partial charge in [0.25, 0.3) is 5.56 Å². The molecule has 23 heavy (non-hydrogen) atoms. The highest BCUT2D eigenvalue weighted by Crippen LogP contribution is 2.29. The number of hydrogen-bond donors (Lipinski definition) is 1. The molecule has 1 aromatic carbocycles. The molecule has 0 bridgehead atoms. The number of piperidine rings is 2. The van der Waals surface area contributed by atoms with Crippen LogP contribution in [-0.4, -0.2) is 50.6 Å². The fraction of sp³-hybridized carbons (Fsp3) is 0.471. The Morgan fingerprint density at radius 2 is 2.04 bits per heavy atom. The summed E-state index contributed by atoms with van der Waals surface area (Å²) in [6.45, 7) is 1.34. The molecule has 3 heterocycles. The SMILES string of the molecule is O=C1C[C@@H]2[C@@H](O)CCCN2C[C@H]1n1cnc2ccccc2c1=O. The lowest BCUT2D eigenvalue weighted by atomic mass is 9.88. The van der Waals surface area contributed by atoms with E-state index in [-0.39, 0.29) is 17.4 Å². The van der Waals surface area contributed by atoms with Crippen molar-refractivity contribution in [1.82, 2.24) is 14.5 Å². The Balaban J connectivity index is 1.72. The standard InChI is InChI=1S/C17H19N3O3/c21-15-6-3-7-19-9-14(16(22)8-13(15)19)20-10-18-12-5-2-1-4-11(12)17(20)23/h1-2,4-5,10,13-15,21H,3,6-9H2/t13-,14-,15+/m1/s1. The highest BCUT2D eigenvalue weighted by molar-refractivity contribution is 5.85. The predicted molar refractivity (Wildman–Crippen MR) is 85.3 cm³/mol. The van der Waals surface area contributed by atoms with Crippen LogP contribution in [0, 0.1) is 0 Å². The van der Waals surface area contributed by atoms with Crippen LogP contribution >= 0.6 is 0 Å². The number of aliphatic hydroxyl groups excluding tert-OH is 1. The van der Waals surface area contributed by atoms with Gasteiger partial charge in [0.2, 0.25) is 0 Å². The van der Waals surface area contributed by atoms with Crippen LogP contribution in [0.2, 0.25) is 0 Å². The van der Waals surface area contributed by atoms with E-state index in [1.165, 1.54) is 10.9 Å². The fourth-order valence-corrected chi connectivity index (χ4v) is 3.81. The molecule has 2 aliphatic rings. The fourth-order valence-electron chi connectivity index (χ4n) is 3.81. The van der Waals surface area contributed by atoms with E-state index in [0.717, 1.165) is 19.4 Å². The minimum absolute atomic E-state index is 0.00591. The summed E-state index contributed by atoms with van der Waals surface area (Å²) in [5, 5.41) is 10.6. The largest absolute Gasteiger partial charge is 0.391 e. The van der Waals surface area contributed by atoms with Crippen molar-refractivity contribution in [2.24, 2.45) is 0 Å². The third-order valence-corrected chi connectivity index (χ3v) is 5.07. The molecule has 2 aromatic rings. The van der Waals surface area contributed by atoms with E-state index < -0.39 is 12.1 Å². The Morgan fingerprint density at radius 1 is 1.22 bits per heavy atom. The third-order valence-electron chi connectivity index (χ3n) is 5.07. The number of hydrogen-bond acceptors (Lipinski definition) is 5. The van der Waals surface area contributed by atoms with Gasteiger partial charge in [0.1, 0.15) is 6.04 Å². The van der Waals surface area contributed by atoms with Crippen molar-refractivity contribution in [2.75, 3.05) is 13.1 Å². The number of carbonyl (C=O) groups excluding carboxylic acids is 1. The first-order valence-corrected chi connectivity index (χ1v) is 8.06. The maximum absolute atomic E-state index is 12.7. The molecule has 120 valence electrons. The molecular weight excluding hydrogens is 294 g/mol. The third kappa shape index (κ3) is 2.38. The molecule has 2 aliphatic heterocycles. The minimum atomic E-state index is -0.513. The van der Waals surface area contributed by atoms with Gasteiger partial charge in [0.15, 0.2) is 5.78 Å². The molecule has 0 spiro atoms. The number of aromatic nitrogens is 2. The summed E-state index contributed by atoms with van der Waals surface area (Å²) >= 11 is 0. The van der Waals surface area contributed by atoms with Gasteiger partial charge in [-0.1, -0.05) is 12.1 Å². The Labute approximate surface area is 133 Å². The molecule has 6 heteroatoms. The molecule has 0 aliphatic carbocycles. The molecule has 2 fully saturated rings. The smallest absolute Gasteiger partial charge is 0.261 e. The van der Waals surface area contributed by atoms with E-state index in [9.17, 15) is 14.7 Å². The van der Waals surface area contributed by atoms with Gasteiger partial charge in [-0.25, -0.2) is 4.98 Å². The van der Waals surface area contributed by atoms with E-state index in [0.29, 0.717) is 23.9 Å². The summed E-state index contributed by atoms with van der Waals surface area (Å²) in [6, 6.07) is 6.56. The normalized spacial score (nSPS) is 28.7. The van der Waals surface area contributed by atoms with Crippen molar-refractivity contribution >= 4 is 16.7 Å². The van der Waals surface area contributed by atoms with Gasteiger partial charge in [-0.3, -0.25) is 19.1 Å². The minimum Gasteiger partial charge on any atom is -0.391 e. The Bertz CT molecular complexity index is 816. The molecule has 2 saturated heterocycles. The molecule has 0 amide bonds. The second-order valence-electron chi connectivity index (χ2n) is 6.43. The molecular formula is C17H19N3O3. The van der Waals surface area contributed by atoms with Crippen LogP contribution < -0.4 is 5.56 Å². The summed E-state index contributed by atoms with van der Waals surface area (Å²) < 4.78 is 1.46. The number of benzene rings is 1. The maximum Gasteiger partial charge on any atom is 0.261 e. The lowest BCUT2D eigenvalue weighted by Crippen LogP contribution is -2.56. The molecule has 0 radical (unpaired) electrons. The number of ketones is 1. The Hall–Kier alpha value is -2.05. The Morgan fingerprint density at radius 3 is 2.91 bits per heavy atom. The zero-order valence-corrected chi connectivity index (χ0v) is 12.8. The van der Waals surface area contributed by atoms with Crippen LogP contribution in [0.4, 0.5) is 0 Å². The Kier molecular flexibility index (Phi) is 3.50. The number of Topliss-reactive ketones (excluding diaryl/α,β-unsaturated/α-hetero) is 1. The number of fused-ring (bicyclic) bond motifs is 2. The van der Waals surface area contributed by atoms with Crippen LogP contribution in [0.3, 0.4) is 0 Å². The molecule has 1 aromatic heterocycles. The monoisotopic (exact) mass is 313 g/mol. The van der Waals surface area contributed by atoms with Gasteiger partial charge in [-0.05, 0) is 31.5 Å². The highest BCUT2D eigenvalue weighted by Gasteiger charge is 2.40. The lowest BCUT2D eigenvalue weighted by molar-refractivity contribution is -0.131. The van der Waals surface area contributed by atoms with Crippen LogP contribution in [0.5, 0.6) is 0 Å². The van der Waals surface area contributed by atoms with Gasteiger partial charge in [-0.2, -0.15) is 0 Å². The topological polar surface area (TPSA) is 75.4 Å². The lowest BCUT2D eigenvalue weighted by Gasteiger charge is -2.44. The first-order chi connectivity index (χ1) is 11.1. The van der Waals surface area contributed by atoms with Gasteiger partial charge in [-0.15, -0.1) is 0 Å². The summed E-state index contributed by atoms with van der Waals surface area (Å²) in [7, 11) is 0. The van der Waals surface area contributed by atoms with E-state index in [1.807, 2.05) is 6.07 Å². The van der Waals surface area contributed by atoms with Crippen molar-refractivity contribution in [3.8, 4) is 0 Å². The number of para-hydroxylation sites is 1. The molecule has 1 N–H and O–H groups in total. The summed E-state index contributed by atoms with van der Waals surface area (Å²) in [6.07, 6.45) is 3.00. The maximum atomic E-state index is 12.7. The first-order valence-electron chi connectivity index (χ1n) is 8.06. The number of carbonyl (C=O) groups is 1. The van der Waals surface area contributed by atoms with Crippen LogP contribution in [-0.2, 0) is 4.79 Å². The highest BCUT2D eigenvalue weighted by atomic mass is 16.3. The molecule has 0 saturated carbocycles. The first kappa shape index (κ1) is 14.5. The van der Waals surface area contributed by atoms with Gasteiger partial charge < -0.3 is 5.11 Å². The summed E-state index contributed by atoms with van der Waals surface area (Å²) in [5.41, 5.74) is 0.466. The van der Waals surface area contributed by atoms with Crippen LogP contribution in [0.1, 0.15) is 25.3 Å². The second kappa shape index (κ2) is 5.54. The van der Waals surface area contributed by atoms with Crippen molar-refractivity contribution < 1.29 is 9.90 Å². The number of aliphatic hydroxyl groups is 1. The van der Waals surface area contributed by atoms with E-state index in [4.69, 9.17) is 0 Å². The van der Waals surface area contributed by atoms with Crippen molar-refractivity contribution in [3.05, 3.63) is 40.9 Å². The quantitative estimate of drug-likeness (QED) is 0.840. The van der Waals surface area contributed by atoms with E-state index in [2.05, 4.69) is 9.88 Å². The average Bonchev–Trinajstić information content (AvgIpc) is 2.56. The van der Waals surface area contributed by atoms with Gasteiger partial charge in [0, 0.05) is 19.0 Å². The number of nitrogens with zero attached hydrogens (tertiary/aromatic N) is 3. The molecule has 0 unspecified atom stereocenters. The molecule has 6 nitrogen and oxygen atoms in total. The average molecular weight is 313 g/mol. The van der Waals surface area contributed by atoms with E-state index >= 15 is 0 Å². The van der Waals surface area contributed by atoms with Gasteiger partial charge in [0.05, 0.1) is 23.3 Å². The second-order valence-corrected chi connectivity index (χ2v) is 6.43. The zero-order chi connectivity index (χ0) is 16.0. The number of rotatable bonds is 1. The van der Waals surface area contributed by atoms with Crippen molar-refractivity contribution in [1.29, 1.82) is 0 Å². The van der Waals surface area contributed by atoms with Gasteiger partial charge >= 0.3 is 0 Å². The predicted octanol–water partition coefficient (Wildman–Crippen LogP) is 0.736. The summed E-state index contributed by atoms with van der Waals surface area (Å²) in [5.74, 6) is 0.00591. The molecule has 3 atom stereocenters. The van der Waals surface area contributed by atoms with Crippen molar-refractivity contribution in [3.63, 3.8) is 0 Å². The van der Waals surface area contributed by atoms with Crippen molar-refractivity contribution in [2.45, 2.75) is 37.5 Å². The summed E-state index contributed by atoms with van der Waals surface area (Å²) in [4.78, 5) is 31.7. The van der Waals surface area contributed by atoms with E-state index in [1.54, 1.807) is 18.2 Å². The van der Waals surface area contributed by atoms with Crippen LogP contribution in [0.25, 0.3) is 10.9 Å². The molecule has 4 rings (SSSR count).